The van der Waals surface area contributed by atoms with E-state index in [2.05, 4.69) is 9.38 Å². The Kier molecular flexibility index (Phi) is 4.62. The number of ether oxygens (including phenoxy) is 1. The van der Waals surface area contributed by atoms with E-state index in [4.69, 9.17) is 15.5 Å². The number of benzene rings is 2. The normalized spacial score (nSPS) is 23.8. The number of nitrogens with zero attached hydrogens (tertiary/aromatic N) is 3. The van der Waals surface area contributed by atoms with E-state index in [1.165, 1.54) is 0 Å². The highest BCUT2D eigenvalue weighted by molar-refractivity contribution is 5.85. The van der Waals surface area contributed by atoms with Crippen molar-refractivity contribution < 1.29 is 14.6 Å². The number of carbonyl (C=O) groups is 1. The maximum Gasteiger partial charge on any atom is 0.309 e. The van der Waals surface area contributed by atoms with Crippen molar-refractivity contribution in [1.82, 2.24) is 14.4 Å². The van der Waals surface area contributed by atoms with Gasteiger partial charge in [0, 0.05) is 23.4 Å². The lowest BCUT2D eigenvalue weighted by atomic mass is 9.53. The minimum atomic E-state index is -0.652. The lowest BCUT2D eigenvalue weighted by Crippen LogP contribution is -2.48. The summed E-state index contributed by atoms with van der Waals surface area (Å²) in [5, 5.41) is 9.79. The maximum absolute atomic E-state index is 11.9. The van der Waals surface area contributed by atoms with E-state index < -0.39 is 11.4 Å². The van der Waals surface area contributed by atoms with Crippen LogP contribution in [-0.4, -0.2) is 25.4 Å². The molecule has 0 atom stereocenters. The molecule has 0 unspecified atom stereocenters. The van der Waals surface area contributed by atoms with Crippen LogP contribution < -0.4 is 10.5 Å². The molecule has 2 aromatic carbocycles. The Hall–Kier alpha value is -3.87. The van der Waals surface area contributed by atoms with Gasteiger partial charge >= 0.3 is 5.97 Å². The average Bonchev–Trinajstić information content (AvgIpc) is 3.28. The number of carboxylic acid groups (broad SMARTS) is 1. The smallest absolute Gasteiger partial charge is 0.309 e. The highest BCUT2D eigenvalue weighted by Crippen LogP contribution is 2.58. The minimum Gasteiger partial charge on any atom is -0.481 e. The molecule has 0 radical (unpaired) electrons. The molecule has 172 valence electrons. The van der Waals surface area contributed by atoms with Crippen LogP contribution in [0.25, 0.3) is 16.8 Å². The van der Waals surface area contributed by atoms with Crippen molar-refractivity contribution in [2.75, 3.05) is 5.73 Å². The van der Waals surface area contributed by atoms with E-state index in [1.807, 2.05) is 60.8 Å². The Balaban J connectivity index is 1.39. The molecule has 2 bridgehead atoms. The molecule has 3 fully saturated rings. The number of anilines is 1. The predicted octanol–water partition coefficient (Wildman–Crippen LogP) is 5.45. The lowest BCUT2D eigenvalue weighted by Gasteiger charge is -2.50. The predicted molar refractivity (Wildman–Crippen MR) is 129 cm³/mol. The van der Waals surface area contributed by atoms with E-state index >= 15 is 0 Å². The van der Waals surface area contributed by atoms with Gasteiger partial charge in [0.05, 0.1) is 5.41 Å². The van der Waals surface area contributed by atoms with Gasteiger partial charge in [-0.15, -0.1) is 0 Å². The van der Waals surface area contributed by atoms with Crippen LogP contribution in [0.2, 0.25) is 0 Å². The zero-order valence-electron chi connectivity index (χ0n) is 18.8. The van der Waals surface area contributed by atoms with E-state index in [0.717, 1.165) is 53.4 Å². The largest absolute Gasteiger partial charge is 0.481 e. The number of nitrogens with two attached hydrogens (primary N) is 1. The number of para-hydroxylation sites is 1. The van der Waals surface area contributed by atoms with Crippen molar-refractivity contribution in [3.63, 3.8) is 0 Å². The van der Waals surface area contributed by atoms with Crippen LogP contribution in [0.15, 0.2) is 67.0 Å². The average molecular weight is 455 g/mol. The number of aliphatic carboxylic acids is 1. The molecule has 0 amide bonds. The van der Waals surface area contributed by atoms with E-state index in [1.54, 1.807) is 6.20 Å². The minimum absolute atomic E-state index is 0.136. The number of imidazole rings is 1. The van der Waals surface area contributed by atoms with E-state index in [0.29, 0.717) is 25.1 Å². The summed E-state index contributed by atoms with van der Waals surface area (Å²) in [5.41, 5.74) is 8.18. The third kappa shape index (κ3) is 3.15. The molecule has 3 N–H and O–H groups in total. The summed E-state index contributed by atoms with van der Waals surface area (Å²) in [7, 11) is 0. The summed E-state index contributed by atoms with van der Waals surface area (Å²) < 4.78 is 8.01. The quantitative estimate of drug-likeness (QED) is 0.416. The van der Waals surface area contributed by atoms with Crippen molar-refractivity contribution in [2.24, 2.45) is 5.41 Å². The van der Waals surface area contributed by atoms with Gasteiger partial charge in [-0.1, -0.05) is 18.2 Å². The lowest BCUT2D eigenvalue weighted by molar-refractivity contribution is -0.156. The van der Waals surface area contributed by atoms with E-state index in [9.17, 15) is 9.90 Å². The zero-order chi connectivity index (χ0) is 23.3. The first-order valence-electron chi connectivity index (χ1n) is 11.7. The second-order valence-electron chi connectivity index (χ2n) is 9.62. The van der Waals surface area contributed by atoms with Gasteiger partial charge in [0.25, 0.3) is 0 Å². The van der Waals surface area contributed by atoms with Crippen molar-refractivity contribution in [3.05, 3.63) is 72.8 Å². The number of hydrogen-bond donors (Lipinski definition) is 2. The second kappa shape index (κ2) is 7.58. The topological polar surface area (TPSA) is 103 Å². The van der Waals surface area contributed by atoms with Gasteiger partial charge in [-0.05, 0) is 74.9 Å². The van der Waals surface area contributed by atoms with Crippen molar-refractivity contribution in [1.29, 1.82) is 0 Å². The maximum atomic E-state index is 11.9. The summed E-state index contributed by atoms with van der Waals surface area (Å²) in [6.45, 7) is 0. The Morgan fingerprint density at radius 1 is 0.941 bits per heavy atom. The Morgan fingerprint density at radius 2 is 1.59 bits per heavy atom. The molecule has 7 heteroatoms. The fourth-order valence-electron chi connectivity index (χ4n) is 5.79. The van der Waals surface area contributed by atoms with Gasteiger partial charge in [0.15, 0.2) is 0 Å². The van der Waals surface area contributed by atoms with Crippen LogP contribution >= 0.6 is 0 Å². The Morgan fingerprint density at radius 3 is 2.24 bits per heavy atom. The molecule has 2 aromatic heterocycles. The molecule has 2 heterocycles. The fourth-order valence-corrected chi connectivity index (χ4v) is 5.79. The molecule has 34 heavy (non-hydrogen) atoms. The first-order valence-corrected chi connectivity index (χ1v) is 11.7. The number of carboxylic acids is 1. The van der Waals surface area contributed by atoms with Gasteiger partial charge < -0.3 is 15.6 Å². The summed E-state index contributed by atoms with van der Waals surface area (Å²) in [6.07, 6.45) is 8.18. The Bertz CT molecular complexity index is 1350. The van der Waals surface area contributed by atoms with Crippen molar-refractivity contribution in [3.8, 4) is 22.8 Å². The van der Waals surface area contributed by atoms with Gasteiger partial charge in [-0.2, -0.15) is 0 Å². The number of nitrogen functional groups attached to an aromatic ring is 1. The van der Waals surface area contributed by atoms with Crippen LogP contribution in [0.5, 0.6) is 11.5 Å². The molecule has 0 saturated heterocycles. The first kappa shape index (κ1) is 20.7. The molecule has 3 saturated carbocycles. The third-order valence-corrected chi connectivity index (χ3v) is 7.86. The van der Waals surface area contributed by atoms with Gasteiger partial charge in [0.1, 0.15) is 34.4 Å². The number of hydrogen-bond acceptors (Lipinski definition) is 5. The zero-order valence-corrected chi connectivity index (χ0v) is 18.8. The molecule has 3 aliphatic rings. The number of fused-ring (bicyclic) bond motifs is 4. The van der Waals surface area contributed by atoms with Crippen LogP contribution in [0.4, 0.5) is 5.82 Å². The van der Waals surface area contributed by atoms with Crippen molar-refractivity contribution in [2.45, 2.75) is 43.9 Å². The van der Waals surface area contributed by atoms with Crippen molar-refractivity contribution >= 4 is 17.3 Å². The molecule has 7 rings (SSSR count). The van der Waals surface area contributed by atoms with Crippen LogP contribution in [0.1, 0.15) is 44.3 Å². The molecule has 4 aromatic rings. The van der Waals surface area contributed by atoms with Gasteiger partial charge in [-0.3, -0.25) is 9.20 Å². The molecule has 7 nitrogen and oxygen atoms in total. The highest BCUT2D eigenvalue weighted by atomic mass is 16.5. The molecular weight excluding hydrogens is 428 g/mol. The monoisotopic (exact) mass is 454 g/mol. The van der Waals surface area contributed by atoms with Crippen LogP contribution in [-0.2, 0) is 10.2 Å². The number of rotatable bonds is 5. The summed E-state index contributed by atoms with van der Waals surface area (Å²) in [5.74, 6) is 2.27. The Labute approximate surface area is 197 Å². The van der Waals surface area contributed by atoms with Gasteiger partial charge in [-0.25, -0.2) is 9.97 Å². The molecular formula is C27H26N4O3. The number of aromatic nitrogens is 3. The highest BCUT2D eigenvalue weighted by Gasteiger charge is 2.54. The molecule has 0 aliphatic heterocycles. The van der Waals surface area contributed by atoms with Crippen LogP contribution in [0.3, 0.4) is 0 Å². The standard InChI is InChI=1S/C27H26N4O3/c28-23-22-21(18-6-8-20(9-7-18)34-19-4-2-1-3-5-19)30-24(31(22)17-16-29-23)26-10-13-27(14-11-26,15-12-26)25(32)33/h1-9,16-17H,10-15H2,(H2,28,29)(H,32,33). The third-order valence-electron chi connectivity index (χ3n) is 7.86. The summed E-state index contributed by atoms with van der Waals surface area (Å²) in [4.78, 5) is 21.4. The molecule has 0 spiro atoms. The summed E-state index contributed by atoms with van der Waals surface area (Å²) in [6, 6.07) is 17.5. The first-order chi connectivity index (χ1) is 16.5. The second-order valence-corrected chi connectivity index (χ2v) is 9.62. The fraction of sp³-hybridized carbons (Fsp3) is 0.296. The van der Waals surface area contributed by atoms with Gasteiger partial charge in [0.2, 0.25) is 0 Å². The molecule has 3 aliphatic carbocycles. The SMILES string of the molecule is Nc1nccn2c(C34CCC(C(=O)O)(CC3)CC4)nc(-c3ccc(Oc4ccccc4)cc3)c12. The van der Waals surface area contributed by atoms with Crippen LogP contribution in [0, 0.1) is 5.41 Å². The van der Waals surface area contributed by atoms with E-state index in [-0.39, 0.29) is 5.41 Å². The summed E-state index contributed by atoms with van der Waals surface area (Å²) >= 11 is 0.